The number of anilines is 2. The summed E-state index contributed by atoms with van der Waals surface area (Å²) in [5, 5.41) is 6.42. The molecule has 2 aromatic rings. The fourth-order valence-corrected chi connectivity index (χ4v) is 2.59. The lowest BCUT2D eigenvalue weighted by atomic mass is 10.1. The van der Waals surface area contributed by atoms with Crippen LogP contribution >= 0.6 is 11.3 Å². The first-order chi connectivity index (χ1) is 8.20. The molecule has 1 unspecified atom stereocenters. The van der Waals surface area contributed by atoms with Crippen molar-refractivity contribution in [2.45, 2.75) is 26.3 Å². The smallest absolute Gasteiger partial charge is 0.183 e. The van der Waals surface area contributed by atoms with Crippen LogP contribution in [0.1, 0.15) is 31.1 Å². The van der Waals surface area contributed by atoms with Crippen LogP contribution in [0, 0.1) is 0 Å². The topological polar surface area (TPSA) is 50.9 Å². The van der Waals surface area contributed by atoms with Crippen LogP contribution in [0.2, 0.25) is 0 Å². The van der Waals surface area contributed by atoms with Gasteiger partial charge in [-0.25, -0.2) is 4.98 Å². The third-order valence-electron chi connectivity index (χ3n) is 2.72. The van der Waals surface area contributed by atoms with Crippen molar-refractivity contribution >= 4 is 22.2 Å². The van der Waals surface area contributed by atoms with E-state index in [1.807, 2.05) is 24.3 Å². The molecule has 0 aliphatic rings. The Kier molecular flexibility index (Phi) is 3.64. The zero-order valence-electron chi connectivity index (χ0n) is 10.1. The van der Waals surface area contributed by atoms with Crippen molar-refractivity contribution < 1.29 is 0 Å². The van der Waals surface area contributed by atoms with Crippen LogP contribution in [-0.4, -0.2) is 4.98 Å². The Labute approximate surface area is 106 Å². The number of benzene rings is 1. The average Bonchev–Trinajstić information content (AvgIpc) is 2.77. The maximum Gasteiger partial charge on any atom is 0.183 e. The van der Waals surface area contributed by atoms with Crippen LogP contribution in [0.4, 0.5) is 10.8 Å². The van der Waals surface area contributed by atoms with Crippen LogP contribution in [0.3, 0.4) is 0 Å². The Morgan fingerprint density at radius 2 is 2.18 bits per heavy atom. The summed E-state index contributed by atoms with van der Waals surface area (Å²) < 4.78 is 0. The van der Waals surface area contributed by atoms with Gasteiger partial charge in [-0.2, -0.15) is 0 Å². The van der Waals surface area contributed by atoms with Gasteiger partial charge in [0, 0.05) is 11.1 Å². The van der Waals surface area contributed by atoms with Gasteiger partial charge in [-0.05, 0) is 25.0 Å². The molecule has 0 aliphatic heterocycles. The zero-order valence-corrected chi connectivity index (χ0v) is 10.9. The number of nitrogen functional groups attached to an aromatic ring is 1. The van der Waals surface area contributed by atoms with E-state index in [0.29, 0.717) is 0 Å². The minimum atomic E-state index is 0.173. The summed E-state index contributed by atoms with van der Waals surface area (Å²) in [6.45, 7) is 4.20. The largest absolute Gasteiger partial charge is 0.398 e. The van der Waals surface area contributed by atoms with Crippen molar-refractivity contribution in [1.29, 1.82) is 0 Å². The second kappa shape index (κ2) is 5.19. The number of hydrogen-bond acceptors (Lipinski definition) is 4. The first kappa shape index (κ1) is 11.9. The van der Waals surface area contributed by atoms with Crippen LogP contribution in [-0.2, 0) is 6.42 Å². The summed E-state index contributed by atoms with van der Waals surface area (Å²) >= 11 is 1.64. The molecule has 0 spiro atoms. The van der Waals surface area contributed by atoms with Gasteiger partial charge in [-0.15, -0.1) is 11.3 Å². The third-order valence-corrected chi connectivity index (χ3v) is 3.54. The van der Waals surface area contributed by atoms with Crippen molar-refractivity contribution in [2.75, 3.05) is 11.1 Å². The molecule has 0 radical (unpaired) electrons. The number of thiazole rings is 1. The predicted molar refractivity (Wildman–Crippen MR) is 74.4 cm³/mol. The highest BCUT2D eigenvalue weighted by Gasteiger charge is 2.10. The summed E-state index contributed by atoms with van der Waals surface area (Å²) in [5.74, 6) is 0. The van der Waals surface area contributed by atoms with Gasteiger partial charge in [0.1, 0.15) is 0 Å². The molecule has 0 saturated heterocycles. The van der Waals surface area contributed by atoms with Gasteiger partial charge in [-0.1, -0.05) is 25.1 Å². The summed E-state index contributed by atoms with van der Waals surface area (Å²) in [6.07, 6.45) is 0.972. The fraction of sp³-hybridized carbons (Fsp3) is 0.308. The molecule has 2 rings (SSSR count). The molecule has 0 aliphatic carbocycles. The summed E-state index contributed by atoms with van der Waals surface area (Å²) in [5.41, 5.74) is 9.01. The molecule has 1 atom stereocenters. The van der Waals surface area contributed by atoms with Crippen molar-refractivity contribution in [3.63, 3.8) is 0 Å². The zero-order chi connectivity index (χ0) is 12.3. The first-order valence-electron chi connectivity index (χ1n) is 5.76. The maximum atomic E-state index is 5.95. The molecular weight excluding hydrogens is 230 g/mol. The lowest BCUT2D eigenvalue weighted by Gasteiger charge is -2.15. The second-order valence-electron chi connectivity index (χ2n) is 3.99. The van der Waals surface area contributed by atoms with E-state index in [0.717, 1.165) is 28.5 Å². The first-order valence-corrected chi connectivity index (χ1v) is 6.64. The Balaban J connectivity index is 2.11. The van der Waals surface area contributed by atoms with E-state index in [4.69, 9.17) is 5.73 Å². The van der Waals surface area contributed by atoms with Crippen molar-refractivity contribution in [3.05, 3.63) is 40.9 Å². The van der Waals surface area contributed by atoms with Crippen LogP contribution in [0.15, 0.2) is 29.6 Å². The van der Waals surface area contributed by atoms with E-state index in [1.54, 1.807) is 11.3 Å². The van der Waals surface area contributed by atoms with Crippen LogP contribution < -0.4 is 11.1 Å². The highest BCUT2D eigenvalue weighted by atomic mass is 32.1. The van der Waals surface area contributed by atoms with E-state index in [-0.39, 0.29) is 6.04 Å². The second-order valence-corrected chi connectivity index (χ2v) is 4.85. The Bertz CT molecular complexity index is 493. The number of rotatable bonds is 4. The Morgan fingerprint density at radius 1 is 1.41 bits per heavy atom. The SMILES string of the molecule is CCc1csc(NC(C)c2ccccc2N)n1. The number of nitrogens with one attached hydrogen (secondary N) is 1. The monoisotopic (exact) mass is 247 g/mol. The molecule has 0 bridgehead atoms. The summed E-state index contributed by atoms with van der Waals surface area (Å²) in [6, 6.07) is 8.09. The quantitative estimate of drug-likeness (QED) is 0.813. The highest BCUT2D eigenvalue weighted by Crippen LogP contribution is 2.25. The van der Waals surface area contributed by atoms with Crippen LogP contribution in [0.25, 0.3) is 0 Å². The lowest BCUT2D eigenvalue weighted by molar-refractivity contribution is 0.881. The third kappa shape index (κ3) is 2.77. The summed E-state index contributed by atoms with van der Waals surface area (Å²) in [4.78, 5) is 4.49. The van der Waals surface area contributed by atoms with Crippen molar-refractivity contribution in [2.24, 2.45) is 0 Å². The fourth-order valence-electron chi connectivity index (χ4n) is 1.70. The standard InChI is InChI=1S/C13H17N3S/c1-3-10-8-17-13(16-10)15-9(2)11-6-4-5-7-12(11)14/h4-9H,3,14H2,1-2H3,(H,15,16). The molecule has 1 heterocycles. The number of para-hydroxylation sites is 1. The molecule has 4 heteroatoms. The number of nitrogens with zero attached hydrogens (tertiary/aromatic N) is 1. The molecule has 0 saturated carbocycles. The molecule has 17 heavy (non-hydrogen) atoms. The van der Waals surface area contributed by atoms with Crippen molar-refractivity contribution in [1.82, 2.24) is 4.98 Å². The molecule has 1 aromatic carbocycles. The van der Waals surface area contributed by atoms with E-state index < -0.39 is 0 Å². The van der Waals surface area contributed by atoms with Gasteiger partial charge in [0.05, 0.1) is 11.7 Å². The van der Waals surface area contributed by atoms with E-state index >= 15 is 0 Å². The summed E-state index contributed by atoms with van der Waals surface area (Å²) in [7, 11) is 0. The number of nitrogens with two attached hydrogens (primary N) is 1. The number of hydrogen-bond donors (Lipinski definition) is 2. The molecule has 3 nitrogen and oxygen atoms in total. The molecule has 0 amide bonds. The molecular formula is C13H17N3S. The maximum absolute atomic E-state index is 5.95. The lowest BCUT2D eigenvalue weighted by Crippen LogP contribution is -2.08. The minimum absolute atomic E-state index is 0.173. The predicted octanol–water partition coefficient (Wildman–Crippen LogP) is 3.46. The molecule has 90 valence electrons. The molecule has 3 N–H and O–H groups in total. The van der Waals surface area contributed by atoms with Gasteiger partial charge in [0.2, 0.25) is 0 Å². The van der Waals surface area contributed by atoms with E-state index in [2.05, 4.69) is 29.5 Å². The van der Waals surface area contributed by atoms with Crippen molar-refractivity contribution in [3.8, 4) is 0 Å². The van der Waals surface area contributed by atoms with Gasteiger partial charge in [-0.3, -0.25) is 0 Å². The molecule has 1 aromatic heterocycles. The molecule has 0 fully saturated rings. The van der Waals surface area contributed by atoms with E-state index in [1.165, 1.54) is 0 Å². The van der Waals surface area contributed by atoms with Gasteiger partial charge in [0.25, 0.3) is 0 Å². The minimum Gasteiger partial charge on any atom is -0.398 e. The van der Waals surface area contributed by atoms with Gasteiger partial charge < -0.3 is 11.1 Å². The van der Waals surface area contributed by atoms with Crippen LogP contribution in [0.5, 0.6) is 0 Å². The normalized spacial score (nSPS) is 12.4. The average molecular weight is 247 g/mol. The Hall–Kier alpha value is -1.55. The van der Waals surface area contributed by atoms with Gasteiger partial charge >= 0.3 is 0 Å². The van der Waals surface area contributed by atoms with E-state index in [9.17, 15) is 0 Å². The van der Waals surface area contributed by atoms with Gasteiger partial charge in [0.15, 0.2) is 5.13 Å². The number of aromatic nitrogens is 1. The Morgan fingerprint density at radius 3 is 2.82 bits per heavy atom. The number of aryl methyl sites for hydroxylation is 1. The highest BCUT2D eigenvalue weighted by molar-refractivity contribution is 7.13.